The molecular weight excluding hydrogens is 430 g/mol. The van der Waals surface area contributed by atoms with E-state index < -0.39 is 21.8 Å². The molecule has 3 N–H and O–H groups in total. The van der Waals surface area contributed by atoms with Crippen LogP contribution in [0.1, 0.15) is 29.8 Å². The van der Waals surface area contributed by atoms with Gasteiger partial charge in [-0.15, -0.1) is 0 Å². The van der Waals surface area contributed by atoms with Gasteiger partial charge in [-0.1, -0.05) is 23.7 Å². The SMILES string of the molecule is COc1ccc(CNC(=O)CNC(=O)c2cc(S(=O)(=O)NC(C)C)ccc2Cl)cc1. The molecule has 0 atom stereocenters. The highest BCUT2D eigenvalue weighted by molar-refractivity contribution is 7.89. The maximum atomic E-state index is 12.4. The molecule has 30 heavy (non-hydrogen) atoms. The molecule has 0 radical (unpaired) electrons. The number of hydrogen-bond acceptors (Lipinski definition) is 5. The van der Waals surface area contributed by atoms with Gasteiger partial charge < -0.3 is 15.4 Å². The normalized spacial score (nSPS) is 11.2. The monoisotopic (exact) mass is 453 g/mol. The largest absolute Gasteiger partial charge is 0.497 e. The van der Waals surface area contributed by atoms with Crippen LogP contribution >= 0.6 is 11.6 Å². The summed E-state index contributed by atoms with van der Waals surface area (Å²) in [5.74, 6) is -0.344. The number of nitrogens with one attached hydrogen (secondary N) is 3. The molecule has 2 aromatic carbocycles. The molecule has 8 nitrogen and oxygen atoms in total. The summed E-state index contributed by atoms with van der Waals surface area (Å²) in [6, 6.07) is 10.7. The molecule has 0 fully saturated rings. The molecule has 10 heteroatoms. The van der Waals surface area contributed by atoms with Gasteiger partial charge in [-0.3, -0.25) is 9.59 Å². The summed E-state index contributed by atoms with van der Waals surface area (Å²) in [5.41, 5.74) is 0.834. The number of amides is 2. The molecule has 2 aromatic rings. The zero-order valence-electron chi connectivity index (χ0n) is 16.9. The van der Waals surface area contributed by atoms with E-state index in [-0.39, 0.29) is 34.6 Å². The molecular formula is C20H24ClN3O5S. The van der Waals surface area contributed by atoms with Crippen molar-refractivity contribution in [1.29, 1.82) is 0 Å². The van der Waals surface area contributed by atoms with Gasteiger partial charge in [-0.05, 0) is 49.7 Å². The lowest BCUT2D eigenvalue weighted by Crippen LogP contribution is -2.37. The lowest BCUT2D eigenvalue weighted by molar-refractivity contribution is -0.120. The first kappa shape index (κ1) is 23.7. The molecule has 0 aliphatic rings. The fourth-order valence-corrected chi connectivity index (χ4v) is 3.97. The van der Waals surface area contributed by atoms with Gasteiger partial charge >= 0.3 is 0 Å². The van der Waals surface area contributed by atoms with E-state index in [1.165, 1.54) is 18.2 Å². The van der Waals surface area contributed by atoms with Crippen molar-refractivity contribution in [3.8, 4) is 5.75 Å². The van der Waals surface area contributed by atoms with Gasteiger partial charge in [0.25, 0.3) is 5.91 Å². The number of carbonyl (C=O) groups is 2. The van der Waals surface area contributed by atoms with Gasteiger partial charge in [0.2, 0.25) is 15.9 Å². The minimum atomic E-state index is -3.78. The molecule has 0 aromatic heterocycles. The Morgan fingerprint density at radius 3 is 2.33 bits per heavy atom. The molecule has 0 unspecified atom stereocenters. The van der Waals surface area contributed by atoms with Crippen molar-refractivity contribution in [1.82, 2.24) is 15.4 Å². The highest BCUT2D eigenvalue weighted by Gasteiger charge is 2.20. The average Bonchev–Trinajstić information content (AvgIpc) is 2.70. The molecule has 2 amide bonds. The zero-order valence-corrected chi connectivity index (χ0v) is 18.4. The van der Waals surface area contributed by atoms with Crippen molar-refractivity contribution in [3.63, 3.8) is 0 Å². The number of methoxy groups -OCH3 is 1. The summed E-state index contributed by atoms with van der Waals surface area (Å²) in [7, 11) is -2.22. The van der Waals surface area contributed by atoms with Gasteiger partial charge in [0.15, 0.2) is 0 Å². The van der Waals surface area contributed by atoms with E-state index in [2.05, 4.69) is 15.4 Å². The van der Waals surface area contributed by atoms with Crippen molar-refractivity contribution >= 4 is 33.4 Å². The number of benzene rings is 2. The summed E-state index contributed by atoms with van der Waals surface area (Å²) in [4.78, 5) is 24.3. The van der Waals surface area contributed by atoms with Crippen molar-refractivity contribution in [2.75, 3.05) is 13.7 Å². The Balaban J connectivity index is 1.96. The van der Waals surface area contributed by atoms with E-state index in [9.17, 15) is 18.0 Å². The highest BCUT2D eigenvalue weighted by Crippen LogP contribution is 2.20. The van der Waals surface area contributed by atoms with Crippen LogP contribution in [0, 0.1) is 0 Å². The van der Waals surface area contributed by atoms with E-state index >= 15 is 0 Å². The molecule has 0 spiro atoms. The van der Waals surface area contributed by atoms with Crippen LogP contribution in [-0.4, -0.2) is 39.9 Å². The molecule has 0 bridgehead atoms. The zero-order chi connectivity index (χ0) is 22.3. The van der Waals surface area contributed by atoms with E-state index in [1.54, 1.807) is 33.1 Å². The van der Waals surface area contributed by atoms with Crippen LogP contribution in [0.25, 0.3) is 0 Å². The van der Waals surface area contributed by atoms with Crippen LogP contribution in [0.2, 0.25) is 5.02 Å². The Morgan fingerprint density at radius 2 is 1.73 bits per heavy atom. The number of rotatable bonds is 9. The van der Waals surface area contributed by atoms with Gasteiger partial charge in [0.1, 0.15) is 5.75 Å². The predicted molar refractivity (Wildman–Crippen MR) is 114 cm³/mol. The smallest absolute Gasteiger partial charge is 0.253 e. The first-order valence-corrected chi connectivity index (χ1v) is 11.0. The second kappa shape index (κ2) is 10.4. The molecule has 162 valence electrons. The molecule has 0 saturated heterocycles. The molecule has 0 aliphatic carbocycles. The molecule has 0 saturated carbocycles. The summed E-state index contributed by atoms with van der Waals surface area (Å²) < 4.78 is 32.1. The van der Waals surface area contributed by atoms with Crippen LogP contribution < -0.4 is 20.1 Å². The third-order valence-electron chi connectivity index (χ3n) is 3.94. The second-order valence-electron chi connectivity index (χ2n) is 6.73. The van der Waals surface area contributed by atoms with Crippen LogP contribution in [0.5, 0.6) is 5.75 Å². The summed E-state index contributed by atoms with van der Waals surface area (Å²) >= 11 is 6.04. The minimum Gasteiger partial charge on any atom is -0.497 e. The van der Waals surface area contributed by atoms with Gasteiger partial charge in [0.05, 0.1) is 29.1 Å². The fourth-order valence-electron chi connectivity index (χ4n) is 2.49. The maximum absolute atomic E-state index is 12.4. The maximum Gasteiger partial charge on any atom is 0.253 e. The Labute approximate surface area is 181 Å². The quantitative estimate of drug-likeness (QED) is 0.538. The predicted octanol–water partition coefficient (Wildman–Crippen LogP) is 2.08. The van der Waals surface area contributed by atoms with Crippen molar-refractivity contribution in [2.45, 2.75) is 31.3 Å². The Kier molecular flexibility index (Phi) is 8.22. The van der Waals surface area contributed by atoms with Crippen molar-refractivity contribution < 1.29 is 22.7 Å². The van der Waals surface area contributed by atoms with Crippen LogP contribution in [-0.2, 0) is 21.4 Å². The first-order chi connectivity index (χ1) is 14.1. The Bertz CT molecular complexity index is 1010. The minimum absolute atomic E-state index is 0.0359. The molecule has 2 rings (SSSR count). The van der Waals surface area contributed by atoms with Gasteiger partial charge in [-0.25, -0.2) is 13.1 Å². The van der Waals surface area contributed by atoms with Gasteiger partial charge in [-0.2, -0.15) is 0 Å². The first-order valence-electron chi connectivity index (χ1n) is 9.12. The third-order valence-corrected chi connectivity index (χ3v) is 5.93. The number of halogens is 1. The van der Waals surface area contributed by atoms with Crippen LogP contribution in [0.15, 0.2) is 47.4 Å². The van der Waals surface area contributed by atoms with E-state index in [4.69, 9.17) is 16.3 Å². The number of ether oxygens (including phenoxy) is 1. The highest BCUT2D eigenvalue weighted by atomic mass is 35.5. The van der Waals surface area contributed by atoms with Crippen molar-refractivity contribution in [3.05, 3.63) is 58.6 Å². The van der Waals surface area contributed by atoms with E-state index in [0.29, 0.717) is 5.75 Å². The van der Waals surface area contributed by atoms with Crippen molar-refractivity contribution in [2.24, 2.45) is 0 Å². The number of sulfonamides is 1. The second-order valence-corrected chi connectivity index (χ2v) is 8.85. The lowest BCUT2D eigenvalue weighted by Gasteiger charge is -2.12. The lowest BCUT2D eigenvalue weighted by atomic mass is 10.2. The van der Waals surface area contributed by atoms with Gasteiger partial charge in [0, 0.05) is 12.6 Å². The molecule has 0 heterocycles. The Morgan fingerprint density at radius 1 is 1.07 bits per heavy atom. The summed E-state index contributed by atoms with van der Waals surface area (Å²) in [6.07, 6.45) is 0. The average molecular weight is 454 g/mol. The topological polar surface area (TPSA) is 114 Å². The summed E-state index contributed by atoms with van der Waals surface area (Å²) in [5, 5.41) is 5.20. The van der Waals surface area contributed by atoms with E-state index in [0.717, 1.165) is 5.56 Å². The number of hydrogen-bond donors (Lipinski definition) is 3. The van der Waals surface area contributed by atoms with E-state index in [1.807, 2.05) is 12.1 Å². The van der Waals surface area contributed by atoms with Crippen LogP contribution in [0.3, 0.4) is 0 Å². The van der Waals surface area contributed by atoms with Crippen LogP contribution in [0.4, 0.5) is 0 Å². The Hall–Kier alpha value is -2.62. The number of carbonyl (C=O) groups excluding carboxylic acids is 2. The third kappa shape index (κ3) is 6.72. The summed E-state index contributed by atoms with van der Waals surface area (Å²) in [6.45, 7) is 3.37. The molecule has 0 aliphatic heterocycles. The standard InChI is InChI=1S/C20H24ClN3O5S/c1-13(2)24-30(27,28)16-8-9-18(21)17(10-16)20(26)23-12-19(25)22-11-14-4-6-15(29-3)7-5-14/h4-10,13,24H,11-12H2,1-3H3,(H,22,25)(H,23,26). The fraction of sp³-hybridized carbons (Fsp3) is 0.300.